The summed E-state index contributed by atoms with van der Waals surface area (Å²) in [5.41, 5.74) is 0. The van der Waals surface area contributed by atoms with Crippen LogP contribution in [-0.4, -0.2) is 32.8 Å². The summed E-state index contributed by atoms with van der Waals surface area (Å²) in [6.45, 7) is 0. The fraction of sp³-hybridized carbons (Fsp3) is 1.00. The van der Waals surface area contributed by atoms with Crippen molar-refractivity contribution in [3.8, 4) is 0 Å². The van der Waals surface area contributed by atoms with Crippen LogP contribution >= 0.6 is 46.4 Å². The fourth-order valence-electron chi connectivity index (χ4n) is 0. The minimum atomic E-state index is -1.61. The van der Waals surface area contributed by atoms with Gasteiger partial charge in [0, 0.05) is 0 Å². The van der Waals surface area contributed by atoms with Crippen LogP contribution < -0.4 is 0 Å². The van der Waals surface area contributed by atoms with E-state index in [4.69, 9.17) is 46.4 Å². The molecule has 0 aliphatic carbocycles. The van der Waals surface area contributed by atoms with Gasteiger partial charge in [-0.25, -0.2) is 0 Å². The quantitative estimate of drug-likeness (QED) is 0.392. The molecule has 0 fully saturated rings. The van der Waals surface area contributed by atoms with Gasteiger partial charge in [-0.1, -0.05) is 46.4 Å². The molecule has 0 amide bonds. The average molecular weight is 178 g/mol. The first kappa shape index (κ1) is 11.0. The Morgan fingerprint density at radius 3 is 0.833 bits per heavy atom. The van der Waals surface area contributed by atoms with Gasteiger partial charge in [0.05, 0.1) is 0 Å². The van der Waals surface area contributed by atoms with E-state index in [0.717, 1.165) is 0 Å². The number of hydrogen-bond donors (Lipinski definition) is 0. The summed E-state index contributed by atoms with van der Waals surface area (Å²) in [7, 11) is 0. The molecule has 0 saturated heterocycles. The summed E-state index contributed by atoms with van der Waals surface area (Å²) >= 11 is 19.3. The molecule has 0 aromatic rings. The van der Waals surface area contributed by atoms with E-state index in [-0.39, 0.29) is 29.6 Å². The Balaban J connectivity index is 0. The molecule has 0 rings (SSSR count). The first-order chi connectivity index (χ1) is 2.00. The molecule has 0 spiro atoms. The van der Waals surface area contributed by atoms with Crippen LogP contribution in [0.25, 0.3) is 0 Å². The van der Waals surface area contributed by atoms with E-state index < -0.39 is 3.25 Å². The van der Waals surface area contributed by atoms with Gasteiger partial charge in [-0.15, -0.1) is 0 Å². The van der Waals surface area contributed by atoms with Gasteiger partial charge in [-0.2, -0.15) is 0 Å². The van der Waals surface area contributed by atoms with E-state index in [0.29, 0.717) is 0 Å². The van der Waals surface area contributed by atoms with Gasteiger partial charge in [0.25, 0.3) is 3.25 Å². The van der Waals surface area contributed by atoms with Gasteiger partial charge in [0.1, 0.15) is 0 Å². The maximum atomic E-state index is 4.83. The third-order valence-electron chi connectivity index (χ3n) is 0. The Kier molecular flexibility index (Phi) is 7.50. The Hall–Kier alpha value is 2.16. The molecule has 0 heterocycles. The second kappa shape index (κ2) is 4.08. The van der Waals surface area contributed by atoms with Crippen LogP contribution in [-0.2, 0) is 0 Å². The molecule has 0 aliphatic rings. The molecular formula is CHCl4Na. The average Bonchev–Trinajstić information content (AvgIpc) is 0.722. The molecule has 0 unspecified atom stereocenters. The summed E-state index contributed by atoms with van der Waals surface area (Å²) in [5.74, 6) is 0. The SMILES string of the molecule is ClC(Cl)(Cl)Cl.[NaH]. The van der Waals surface area contributed by atoms with Crippen LogP contribution in [0.1, 0.15) is 0 Å². The number of halogens is 4. The van der Waals surface area contributed by atoms with Crippen LogP contribution in [0.15, 0.2) is 0 Å². The van der Waals surface area contributed by atoms with Crippen molar-refractivity contribution < 1.29 is 0 Å². The first-order valence-corrected chi connectivity index (χ1v) is 2.27. The Morgan fingerprint density at radius 1 is 0.833 bits per heavy atom. The number of rotatable bonds is 0. The van der Waals surface area contributed by atoms with E-state index >= 15 is 0 Å². The van der Waals surface area contributed by atoms with Gasteiger partial charge < -0.3 is 0 Å². The number of hydrogen-bond acceptors (Lipinski definition) is 0. The van der Waals surface area contributed by atoms with Crippen LogP contribution in [0, 0.1) is 0 Å². The zero-order valence-corrected chi connectivity index (χ0v) is 5.04. The standard InChI is InChI=1S/CCl4.Na.H/c2-1(3,4)5;;. The Bertz CT molecular complexity index is 23.0. The second-order valence-electron chi connectivity index (χ2n) is 0.429. The predicted octanol–water partition coefficient (Wildman–Crippen LogP) is 1.90. The molecule has 34 valence electrons. The maximum absolute atomic E-state index is 4.83. The molecule has 5 heteroatoms. The van der Waals surface area contributed by atoms with E-state index in [1.54, 1.807) is 0 Å². The topological polar surface area (TPSA) is 0 Å². The molecule has 0 aliphatic heterocycles. The summed E-state index contributed by atoms with van der Waals surface area (Å²) in [4.78, 5) is 0. The van der Waals surface area contributed by atoms with Crippen molar-refractivity contribution in [2.75, 3.05) is 0 Å². The normalized spacial score (nSPS) is 10.0. The van der Waals surface area contributed by atoms with E-state index in [2.05, 4.69) is 0 Å². The van der Waals surface area contributed by atoms with E-state index in [1.165, 1.54) is 0 Å². The second-order valence-corrected chi connectivity index (χ2v) is 3.86. The van der Waals surface area contributed by atoms with Crippen LogP contribution in [0.5, 0.6) is 0 Å². The van der Waals surface area contributed by atoms with Gasteiger partial charge in [-0.3, -0.25) is 0 Å². The van der Waals surface area contributed by atoms with E-state index in [9.17, 15) is 0 Å². The van der Waals surface area contributed by atoms with Gasteiger partial charge in [0.15, 0.2) is 0 Å². The zero-order valence-electron chi connectivity index (χ0n) is 2.01. The van der Waals surface area contributed by atoms with Crippen LogP contribution in [0.2, 0.25) is 0 Å². The van der Waals surface area contributed by atoms with Gasteiger partial charge in [0.2, 0.25) is 0 Å². The van der Waals surface area contributed by atoms with Gasteiger partial charge in [-0.05, 0) is 0 Å². The molecule has 0 atom stereocenters. The summed E-state index contributed by atoms with van der Waals surface area (Å²) in [5, 5.41) is 0. The molecule has 0 aromatic carbocycles. The molecular weight excluding hydrogens is 177 g/mol. The summed E-state index contributed by atoms with van der Waals surface area (Å²) < 4.78 is -1.61. The Morgan fingerprint density at radius 2 is 0.833 bits per heavy atom. The first-order valence-electron chi connectivity index (χ1n) is 0.756. The van der Waals surface area contributed by atoms with Crippen LogP contribution in [0.3, 0.4) is 0 Å². The molecule has 0 aromatic heterocycles. The van der Waals surface area contributed by atoms with Crippen molar-refractivity contribution in [2.45, 2.75) is 3.25 Å². The zero-order chi connectivity index (χ0) is 4.50. The van der Waals surface area contributed by atoms with Crippen LogP contribution in [0.4, 0.5) is 0 Å². The third-order valence-corrected chi connectivity index (χ3v) is 0. The van der Waals surface area contributed by atoms with Crippen molar-refractivity contribution in [1.82, 2.24) is 0 Å². The minimum absolute atomic E-state index is 0. The van der Waals surface area contributed by atoms with Crippen molar-refractivity contribution in [1.29, 1.82) is 0 Å². The third kappa shape index (κ3) is 35.2. The van der Waals surface area contributed by atoms with Crippen molar-refractivity contribution in [2.24, 2.45) is 0 Å². The molecule has 0 N–H and O–H groups in total. The molecule has 0 bridgehead atoms. The predicted molar refractivity (Wildman–Crippen MR) is 33.3 cm³/mol. The van der Waals surface area contributed by atoms with Crippen molar-refractivity contribution in [3.05, 3.63) is 0 Å². The number of alkyl halides is 4. The molecule has 0 nitrogen and oxygen atoms in total. The van der Waals surface area contributed by atoms with Crippen molar-refractivity contribution in [3.63, 3.8) is 0 Å². The fourth-order valence-corrected chi connectivity index (χ4v) is 0. The Labute approximate surface area is 78.4 Å². The molecule has 0 radical (unpaired) electrons. The monoisotopic (exact) mass is 176 g/mol. The van der Waals surface area contributed by atoms with E-state index in [1.807, 2.05) is 0 Å². The van der Waals surface area contributed by atoms with Crippen molar-refractivity contribution >= 4 is 76.0 Å². The summed E-state index contributed by atoms with van der Waals surface area (Å²) in [6.07, 6.45) is 0. The molecule has 0 saturated carbocycles. The van der Waals surface area contributed by atoms with Gasteiger partial charge >= 0.3 is 29.6 Å². The summed E-state index contributed by atoms with van der Waals surface area (Å²) in [6, 6.07) is 0. The molecule has 6 heavy (non-hydrogen) atoms.